The zero-order chi connectivity index (χ0) is 24.0. The summed E-state index contributed by atoms with van der Waals surface area (Å²) in [4.78, 5) is 26.8. The summed E-state index contributed by atoms with van der Waals surface area (Å²) in [5.74, 6) is 0.781. The summed E-state index contributed by atoms with van der Waals surface area (Å²) in [6.07, 6.45) is -0.224. The molecule has 0 saturated heterocycles. The minimum Gasteiger partial charge on any atom is -0.474 e. The highest BCUT2D eigenvalue weighted by atomic mass is 35.5. The number of non-ortho nitro benzene ring substituents is 1. The first-order chi connectivity index (χ1) is 15.7. The van der Waals surface area contributed by atoms with Crippen LogP contribution in [0.25, 0.3) is 0 Å². The van der Waals surface area contributed by atoms with Gasteiger partial charge in [-0.2, -0.15) is 4.99 Å². The van der Waals surface area contributed by atoms with Crippen molar-refractivity contribution in [3.05, 3.63) is 92.5 Å². The number of nitrogens with zero attached hydrogens (tertiary/aromatic N) is 2. The van der Waals surface area contributed by atoms with Gasteiger partial charge < -0.3 is 14.8 Å². The van der Waals surface area contributed by atoms with Crippen LogP contribution in [-0.2, 0) is 4.74 Å². The smallest absolute Gasteiger partial charge is 0.348 e. The summed E-state index contributed by atoms with van der Waals surface area (Å²) in [7, 11) is 0. The second-order valence-electron chi connectivity index (χ2n) is 6.99. The van der Waals surface area contributed by atoms with E-state index in [1.54, 1.807) is 36.4 Å². The fourth-order valence-electron chi connectivity index (χ4n) is 2.68. The number of hydrogen-bond acceptors (Lipinski definition) is 5. The second kappa shape index (κ2) is 10.8. The van der Waals surface area contributed by atoms with Crippen LogP contribution < -0.4 is 10.1 Å². The lowest BCUT2D eigenvalue weighted by atomic mass is 10.2. The summed E-state index contributed by atoms with van der Waals surface area (Å²) < 4.78 is 11.3. The highest BCUT2D eigenvalue weighted by molar-refractivity contribution is 6.34. The number of urea groups is 1. The van der Waals surface area contributed by atoms with Gasteiger partial charge in [0.05, 0.1) is 26.6 Å². The van der Waals surface area contributed by atoms with E-state index in [1.807, 2.05) is 13.8 Å². The van der Waals surface area contributed by atoms with Crippen LogP contribution in [0.15, 0.2) is 71.7 Å². The minimum atomic E-state index is -0.675. The number of carbonyl (C=O) groups excluding carboxylic acids is 1. The van der Waals surface area contributed by atoms with E-state index in [1.165, 1.54) is 30.3 Å². The Morgan fingerprint density at radius 2 is 1.73 bits per heavy atom. The molecule has 8 nitrogen and oxygen atoms in total. The maximum absolute atomic E-state index is 12.5. The SMILES string of the molecule is CC(C)OC(=NC(=O)Nc1ccc(Oc2ccc([N+](=O)[O-])cc2)c(Cl)c1)c1ccccc1Cl. The van der Waals surface area contributed by atoms with Crippen LogP contribution >= 0.6 is 23.2 Å². The van der Waals surface area contributed by atoms with E-state index in [0.29, 0.717) is 27.8 Å². The van der Waals surface area contributed by atoms with Crippen molar-refractivity contribution in [3.63, 3.8) is 0 Å². The van der Waals surface area contributed by atoms with Crippen molar-refractivity contribution in [1.82, 2.24) is 0 Å². The van der Waals surface area contributed by atoms with Crippen LogP contribution in [0.2, 0.25) is 10.0 Å². The normalized spacial score (nSPS) is 11.2. The minimum absolute atomic E-state index is 0.0512. The maximum Gasteiger partial charge on any atom is 0.348 e. The lowest BCUT2D eigenvalue weighted by molar-refractivity contribution is -0.384. The molecule has 0 aliphatic carbocycles. The van der Waals surface area contributed by atoms with Crippen LogP contribution in [0.5, 0.6) is 11.5 Å². The molecule has 0 unspecified atom stereocenters. The van der Waals surface area contributed by atoms with Gasteiger partial charge in [-0.25, -0.2) is 4.79 Å². The van der Waals surface area contributed by atoms with E-state index in [4.69, 9.17) is 32.7 Å². The highest BCUT2D eigenvalue weighted by Gasteiger charge is 2.14. The maximum atomic E-state index is 12.5. The number of rotatable bonds is 6. The quantitative estimate of drug-likeness (QED) is 0.173. The van der Waals surface area contributed by atoms with Crippen molar-refractivity contribution in [2.24, 2.45) is 4.99 Å². The third kappa shape index (κ3) is 6.68. The van der Waals surface area contributed by atoms with E-state index in [9.17, 15) is 14.9 Å². The van der Waals surface area contributed by atoms with Gasteiger partial charge in [0.15, 0.2) is 0 Å². The van der Waals surface area contributed by atoms with Crippen molar-refractivity contribution >= 4 is 46.5 Å². The van der Waals surface area contributed by atoms with Crippen LogP contribution in [0.3, 0.4) is 0 Å². The molecule has 1 N–H and O–H groups in total. The summed E-state index contributed by atoms with van der Waals surface area (Å²) in [5.41, 5.74) is 0.824. The summed E-state index contributed by atoms with van der Waals surface area (Å²) >= 11 is 12.5. The van der Waals surface area contributed by atoms with E-state index < -0.39 is 11.0 Å². The van der Waals surface area contributed by atoms with Crippen LogP contribution in [-0.4, -0.2) is 23.0 Å². The topological polar surface area (TPSA) is 103 Å². The average Bonchev–Trinajstić information content (AvgIpc) is 2.75. The van der Waals surface area contributed by atoms with Gasteiger partial charge in [-0.1, -0.05) is 35.3 Å². The standard InChI is InChI=1S/C23H19Cl2N3O5/c1-14(2)32-22(18-5-3-4-6-19(18)24)27-23(29)26-15-7-12-21(20(25)13-15)33-17-10-8-16(9-11-17)28(30)31/h3-14H,1-2H3,(H,26,29). The Morgan fingerprint density at radius 1 is 1.03 bits per heavy atom. The number of halogens is 2. The van der Waals surface area contributed by atoms with E-state index >= 15 is 0 Å². The van der Waals surface area contributed by atoms with Gasteiger partial charge in [0.25, 0.3) is 5.69 Å². The first kappa shape index (κ1) is 24.0. The number of nitro benzene ring substituents is 1. The molecule has 0 aromatic heterocycles. The van der Waals surface area contributed by atoms with Crippen LogP contribution in [0.4, 0.5) is 16.2 Å². The Balaban J connectivity index is 1.74. The van der Waals surface area contributed by atoms with Gasteiger partial charge in [-0.3, -0.25) is 10.1 Å². The van der Waals surface area contributed by atoms with Gasteiger partial charge in [0.2, 0.25) is 5.90 Å². The summed E-state index contributed by atoms with van der Waals surface area (Å²) in [6, 6.07) is 16.4. The molecule has 0 aliphatic heterocycles. The fourth-order valence-corrected chi connectivity index (χ4v) is 3.11. The number of nitro groups is 1. The molecular formula is C23H19Cl2N3O5. The molecule has 0 radical (unpaired) electrons. The molecular weight excluding hydrogens is 469 g/mol. The van der Waals surface area contributed by atoms with Gasteiger partial charge in [0, 0.05) is 17.8 Å². The largest absolute Gasteiger partial charge is 0.474 e. The van der Waals surface area contributed by atoms with Crippen LogP contribution in [0, 0.1) is 10.1 Å². The lowest BCUT2D eigenvalue weighted by Crippen LogP contribution is -2.17. The third-order valence-corrected chi connectivity index (χ3v) is 4.74. The Labute approximate surface area is 199 Å². The average molecular weight is 488 g/mol. The first-order valence-corrected chi connectivity index (χ1v) is 10.5. The number of nitrogens with one attached hydrogen (secondary N) is 1. The summed E-state index contributed by atoms with van der Waals surface area (Å²) in [6.45, 7) is 3.63. The van der Waals surface area contributed by atoms with Crippen molar-refractivity contribution in [2.45, 2.75) is 20.0 Å². The Morgan fingerprint density at radius 3 is 2.33 bits per heavy atom. The van der Waals surface area contributed by atoms with Crippen molar-refractivity contribution < 1.29 is 19.2 Å². The number of amides is 2. The Kier molecular flexibility index (Phi) is 7.87. The Bertz CT molecular complexity index is 1200. The highest BCUT2D eigenvalue weighted by Crippen LogP contribution is 2.32. The molecule has 2 amide bonds. The zero-order valence-corrected chi connectivity index (χ0v) is 19.1. The number of aliphatic imine (C=N–C) groups is 1. The number of anilines is 1. The first-order valence-electron chi connectivity index (χ1n) is 9.76. The molecule has 170 valence electrons. The molecule has 0 heterocycles. The molecule has 10 heteroatoms. The molecule has 0 fully saturated rings. The fraction of sp³-hybridized carbons (Fsp3) is 0.130. The predicted octanol–water partition coefficient (Wildman–Crippen LogP) is 7.10. The van der Waals surface area contributed by atoms with Crippen molar-refractivity contribution in [1.29, 1.82) is 0 Å². The molecule has 3 aromatic rings. The third-order valence-electron chi connectivity index (χ3n) is 4.11. The molecule has 0 spiro atoms. The van der Waals surface area contributed by atoms with Gasteiger partial charge in [0.1, 0.15) is 11.5 Å². The molecule has 0 atom stereocenters. The van der Waals surface area contributed by atoms with Gasteiger partial charge in [-0.05, 0) is 56.3 Å². The number of carbonyl (C=O) groups is 1. The monoisotopic (exact) mass is 487 g/mol. The Hall–Kier alpha value is -3.62. The molecule has 0 saturated carbocycles. The molecule has 0 bridgehead atoms. The summed E-state index contributed by atoms with van der Waals surface area (Å²) in [5, 5.41) is 14.0. The van der Waals surface area contributed by atoms with Crippen molar-refractivity contribution in [2.75, 3.05) is 5.32 Å². The zero-order valence-electron chi connectivity index (χ0n) is 17.6. The second-order valence-corrected chi connectivity index (χ2v) is 7.81. The number of benzene rings is 3. The van der Waals surface area contributed by atoms with Crippen LogP contribution in [0.1, 0.15) is 19.4 Å². The van der Waals surface area contributed by atoms with Gasteiger partial charge in [-0.15, -0.1) is 0 Å². The molecule has 3 aromatic carbocycles. The molecule has 0 aliphatic rings. The van der Waals surface area contributed by atoms with E-state index in [2.05, 4.69) is 10.3 Å². The predicted molar refractivity (Wildman–Crippen MR) is 128 cm³/mol. The number of hydrogen-bond donors (Lipinski definition) is 1. The number of ether oxygens (including phenoxy) is 2. The molecule has 3 rings (SSSR count). The van der Waals surface area contributed by atoms with Gasteiger partial charge >= 0.3 is 6.03 Å². The molecule has 33 heavy (non-hydrogen) atoms. The van der Waals surface area contributed by atoms with E-state index in [0.717, 1.165) is 0 Å². The van der Waals surface area contributed by atoms with Crippen molar-refractivity contribution in [3.8, 4) is 11.5 Å². The van der Waals surface area contributed by atoms with E-state index in [-0.39, 0.29) is 22.7 Å². The lowest BCUT2D eigenvalue weighted by Gasteiger charge is -2.14.